The van der Waals surface area contributed by atoms with Gasteiger partial charge in [0.05, 0.1) is 6.10 Å². The minimum absolute atomic E-state index is 0.151. The van der Waals surface area contributed by atoms with E-state index in [0.717, 1.165) is 32.4 Å². The lowest BCUT2D eigenvalue weighted by molar-refractivity contribution is 0.0680. The van der Waals surface area contributed by atoms with Gasteiger partial charge in [-0.3, -0.25) is 15.0 Å². The van der Waals surface area contributed by atoms with Crippen LogP contribution in [0.3, 0.4) is 0 Å². The Labute approximate surface area is 175 Å². The fourth-order valence-electron chi connectivity index (χ4n) is 3.25. The first-order valence-electron chi connectivity index (χ1n) is 10.1. The highest BCUT2D eigenvalue weighted by Crippen LogP contribution is 2.20. The SMILES string of the molecule is O=C(Nc1cccc(OCC2CCCO2)c1)Nc1ccn(CCc2ccncc2)n1. The molecule has 1 unspecified atom stereocenters. The Balaban J connectivity index is 1.25. The molecule has 0 aliphatic carbocycles. The zero-order valence-electron chi connectivity index (χ0n) is 16.7. The van der Waals surface area contributed by atoms with Crippen molar-refractivity contribution < 1.29 is 14.3 Å². The number of aromatic nitrogens is 3. The Morgan fingerprint density at radius 2 is 2.10 bits per heavy atom. The van der Waals surface area contributed by atoms with Gasteiger partial charge in [0, 0.05) is 49.6 Å². The van der Waals surface area contributed by atoms with E-state index in [1.165, 1.54) is 5.56 Å². The number of rotatable bonds is 8. The highest BCUT2D eigenvalue weighted by atomic mass is 16.5. The molecule has 2 aromatic heterocycles. The van der Waals surface area contributed by atoms with Crippen molar-refractivity contribution in [3.63, 3.8) is 0 Å². The molecule has 0 spiro atoms. The summed E-state index contributed by atoms with van der Waals surface area (Å²) >= 11 is 0. The minimum Gasteiger partial charge on any atom is -0.491 e. The van der Waals surface area contributed by atoms with Crippen LogP contribution < -0.4 is 15.4 Å². The number of urea groups is 1. The van der Waals surface area contributed by atoms with Gasteiger partial charge in [-0.2, -0.15) is 5.10 Å². The van der Waals surface area contributed by atoms with Gasteiger partial charge in [-0.1, -0.05) is 6.07 Å². The number of carbonyl (C=O) groups is 1. The molecule has 156 valence electrons. The summed E-state index contributed by atoms with van der Waals surface area (Å²) < 4.78 is 13.1. The molecule has 0 bridgehead atoms. The number of nitrogens with zero attached hydrogens (tertiary/aromatic N) is 3. The highest BCUT2D eigenvalue weighted by Gasteiger charge is 2.16. The van der Waals surface area contributed by atoms with Crippen molar-refractivity contribution in [1.82, 2.24) is 14.8 Å². The van der Waals surface area contributed by atoms with E-state index in [1.54, 1.807) is 29.2 Å². The molecule has 8 nitrogen and oxygen atoms in total. The largest absolute Gasteiger partial charge is 0.491 e. The smallest absolute Gasteiger partial charge is 0.324 e. The maximum Gasteiger partial charge on any atom is 0.324 e. The second-order valence-corrected chi connectivity index (χ2v) is 7.12. The summed E-state index contributed by atoms with van der Waals surface area (Å²) in [6.07, 6.45) is 8.49. The molecule has 1 saturated heterocycles. The van der Waals surface area contributed by atoms with Crippen molar-refractivity contribution in [2.75, 3.05) is 23.8 Å². The first-order chi connectivity index (χ1) is 14.7. The molecular weight excluding hydrogens is 382 g/mol. The summed E-state index contributed by atoms with van der Waals surface area (Å²) in [4.78, 5) is 16.3. The topological polar surface area (TPSA) is 90.3 Å². The van der Waals surface area contributed by atoms with Crippen molar-refractivity contribution in [2.24, 2.45) is 0 Å². The Hall–Kier alpha value is -3.39. The van der Waals surface area contributed by atoms with Gasteiger partial charge >= 0.3 is 6.03 Å². The van der Waals surface area contributed by atoms with E-state index in [4.69, 9.17) is 9.47 Å². The van der Waals surface area contributed by atoms with E-state index in [2.05, 4.69) is 20.7 Å². The molecule has 2 N–H and O–H groups in total. The van der Waals surface area contributed by atoms with E-state index >= 15 is 0 Å². The van der Waals surface area contributed by atoms with Crippen LogP contribution in [-0.2, 0) is 17.7 Å². The number of nitrogens with one attached hydrogen (secondary N) is 2. The van der Waals surface area contributed by atoms with Crippen molar-refractivity contribution in [2.45, 2.75) is 31.9 Å². The molecule has 30 heavy (non-hydrogen) atoms. The van der Waals surface area contributed by atoms with Gasteiger partial charge in [-0.15, -0.1) is 0 Å². The van der Waals surface area contributed by atoms with E-state index in [9.17, 15) is 4.79 Å². The molecule has 8 heteroatoms. The second kappa shape index (κ2) is 9.89. The molecule has 0 saturated carbocycles. The Bertz CT molecular complexity index is 954. The molecule has 1 fully saturated rings. The maximum absolute atomic E-state index is 12.3. The Morgan fingerprint density at radius 3 is 2.93 bits per heavy atom. The first-order valence-corrected chi connectivity index (χ1v) is 10.1. The van der Waals surface area contributed by atoms with Gasteiger partial charge < -0.3 is 14.8 Å². The summed E-state index contributed by atoms with van der Waals surface area (Å²) in [5, 5.41) is 9.95. The standard InChI is InChI=1S/C22H25N5O3/c28-22(24-18-3-1-4-19(15-18)30-16-20-5-2-14-29-20)25-21-9-13-27(26-21)12-8-17-6-10-23-11-7-17/h1,3-4,6-7,9-11,13,15,20H,2,5,8,12,14,16H2,(H2,24,25,26,28). The summed E-state index contributed by atoms with van der Waals surface area (Å²) in [6, 6.07) is 12.7. The lowest BCUT2D eigenvalue weighted by Crippen LogP contribution is -2.20. The summed E-state index contributed by atoms with van der Waals surface area (Å²) in [7, 11) is 0. The van der Waals surface area contributed by atoms with Gasteiger partial charge in [0.1, 0.15) is 12.4 Å². The monoisotopic (exact) mass is 407 g/mol. The molecule has 1 aromatic carbocycles. The third-order valence-corrected chi connectivity index (χ3v) is 4.81. The number of hydrogen-bond acceptors (Lipinski definition) is 5. The van der Waals surface area contributed by atoms with Crippen molar-refractivity contribution >= 4 is 17.5 Å². The van der Waals surface area contributed by atoms with E-state index in [0.29, 0.717) is 23.9 Å². The molecule has 1 aliphatic heterocycles. The van der Waals surface area contributed by atoms with Gasteiger partial charge in [-0.25, -0.2) is 4.79 Å². The third-order valence-electron chi connectivity index (χ3n) is 4.81. The number of carbonyl (C=O) groups excluding carboxylic acids is 1. The van der Waals surface area contributed by atoms with Gasteiger partial charge in [0.15, 0.2) is 5.82 Å². The van der Waals surface area contributed by atoms with E-state index in [1.807, 2.05) is 36.5 Å². The quantitative estimate of drug-likeness (QED) is 0.594. The minimum atomic E-state index is -0.356. The Kier molecular flexibility index (Phi) is 6.56. The molecular formula is C22H25N5O3. The number of anilines is 2. The predicted molar refractivity (Wildman–Crippen MR) is 114 cm³/mol. The molecule has 4 rings (SSSR count). The van der Waals surface area contributed by atoms with Crippen molar-refractivity contribution in [3.8, 4) is 5.75 Å². The van der Waals surface area contributed by atoms with Gasteiger partial charge in [-0.05, 0) is 49.1 Å². The number of hydrogen-bond donors (Lipinski definition) is 2. The van der Waals surface area contributed by atoms with Crippen molar-refractivity contribution in [3.05, 3.63) is 66.6 Å². The number of pyridine rings is 1. The maximum atomic E-state index is 12.3. The highest BCUT2D eigenvalue weighted by molar-refractivity contribution is 5.99. The Morgan fingerprint density at radius 1 is 1.20 bits per heavy atom. The summed E-state index contributed by atoms with van der Waals surface area (Å²) in [5.41, 5.74) is 1.84. The van der Waals surface area contributed by atoms with E-state index < -0.39 is 0 Å². The summed E-state index contributed by atoms with van der Waals surface area (Å²) in [5.74, 6) is 1.19. The van der Waals surface area contributed by atoms with Crippen LogP contribution in [0.2, 0.25) is 0 Å². The average Bonchev–Trinajstić information content (AvgIpc) is 3.44. The third kappa shape index (κ3) is 5.81. The van der Waals surface area contributed by atoms with Gasteiger partial charge in [0.25, 0.3) is 0 Å². The van der Waals surface area contributed by atoms with Crippen LogP contribution in [0.1, 0.15) is 18.4 Å². The molecule has 1 aliphatic rings. The number of benzene rings is 1. The second-order valence-electron chi connectivity index (χ2n) is 7.12. The van der Waals surface area contributed by atoms with Crippen LogP contribution in [0.4, 0.5) is 16.3 Å². The molecule has 3 heterocycles. The normalized spacial score (nSPS) is 15.7. The molecule has 0 radical (unpaired) electrons. The van der Waals surface area contributed by atoms with Crippen LogP contribution in [0, 0.1) is 0 Å². The zero-order valence-corrected chi connectivity index (χ0v) is 16.7. The van der Waals surface area contributed by atoms with E-state index in [-0.39, 0.29) is 12.1 Å². The molecule has 3 aromatic rings. The van der Waals surface area contributed by atoms with Gasteiger partial charge in [0.2, 0.25) is 0 Å². The fraction of sp³-hybridized carbons (Fsp3) is 0.318. The predicted octanol–water partition coefficient (Wildman–Crippen LogP) is 3.72. The number of aryl methyl sites for hydroxylation is 2. The number of amides is 2. The van der Waals surface area contributed by atoms with Crippen LogP contribution in [0.5, 0.6) is 5.75 Å². The first kappa shape index (κ1) is 19.9. The fourth-order valence-corrected chi connectivity index (χ4v) is 3.25. The molecule has 1 atom stereocenters. The average molecular weight is 407 g/mol. The van der Waals surface area contributed by atoms with Crippen LogP contribution in [-0.4, -0.2) is 40.1 Å². The number of ether oxygens (including phenoxy) is 2. The van der Waals surface area contributed by atoms with Crippen LogP contribution >= 0.6 is 0 Å². The summed E-state index contributed by atoms with van der Waals surface area (Å²) in [6.45, 7) is 2.04. The van der Waals surface area contributed by atoms with Crippen molar-refractivity contribution in [1.29, 1.82) is 0 Å². The lowest BCUT2D eigenvalue weighted by atomic mass is 10.2. The lowest BCUT2D eigenvalue weighted by Gasteiger charge is -2.12. The zero-order chi connectivity index (χ0) is 20.6. The van der Waals surface area contributed by atoms with Crippen LogP contribution in [0.25, 0.3) is 0 Å². The molecule has 2 amide bonds. The van der Waals surface area contributed by atoms with Crippen LogP contribution in [0.15, 0.2) is 61.1 Å².